The quantitative estimate of drug-likeness (QED) is 0.157. The van der Waals surface area contributed by atoms with E-state index in [4.69, 9.17) is 43.2 Å². The summed E-state index contributed by atoms with van der Waals surface area (Å²) in [4.78, 5) is 38.6. The highest BCUT2D eigenvalue weighted by Crippen LogP contribution is 2.57. The molecule has 0 N–H and O–H groups in total. The van der Waals surface area contributed by atoms with Gasteiger partial charge in [-0.3, -0.25) is 14.7 Å². The molecule has 3 aliphatic heterocycles. The second kappa shape index (κ2) is 26.6. The Hall–Kier alpha value is -16.4. The van der Waals surface area contributed by atoms with E-state index in [9.17, 15) is 0 Å². The first-order valence-corrected chi connectivity index (χ1v) is 40.3. The summed E-state index contributed by atoms with van der Waals surface area (Å²) in [5, 5.41) is 13.8. The van der Waals surface area contributed by atoms with Gasteiger partial charge in [-0.15, -0.1) is 0 Å². The van der Waals surface area contributed by atoms with E-state index in [1.165, 1.54) is 65.7 Å². The van der Waals surface area contributed by atoms with Crippen LogP contribution in [0.15, 0.2) is 395 Å². The third kappa shape index (κ3) is 10.4. The van der Waals surface area contributed by atoms with Gasteiger partial charge < -0.3 is 13.3 Å². The predicted octanol–water partition coefficient (Wildman–Crippen LogP) is 29.4. The fourth-order valence-electron chi connectivity index (χ4n) is 18.7. The van der Waals surface area contributed by atoms with Crippen molar-refractivity contribution >= 4 is 183 Å². The average Bonchev–Trinajstić information content (AvgIpc) is 0.751. The minimum absolute atomic E-state index is 0.795. The molecule has 24 aromatic rings. The molecule has 12 heteroatoms. The van der Waals surface area contributed by atoms with E-state index in [-0.39, 0.29) is 0 Å². The molecule has 9 heterocycles. The number of aromatic nitrogens is 6. The first kappa shape index (κ1) is 66.9. The summed E-state index contributed by atoms with van der Waals surface area (Å²) in [5.74, 6) is 2.40. The maximum absolute atomic E-state index is 6.28. The minimum Gasteiger partial charge on any atom is -0.456 e. The number of rotatable bonds is 6. The lowest BCUT2D eigenvalue weighted by Gasteiger charge is -2.33. The van der Waals surface area contributed by atoms with Crippen molar-refractivity contribution in [3.05, 3.63) is 382 Å². The lowest BCUT2D eigenvalue weighted by Crippen LogP contribution is -2.18. The maximum atomic E-state index is 6.28. The molecule has 27 rings (SSSR count). The van der Waals surface area contributed by atoms with Crippen LogP contribution < -0.4 is 14.7 Å². The highest BCUT2D eigenvalue weighted by molar-refractivity contribution is 6.20. The summed E-state index contributed by atoms with van der Waals surface area (Å²) in [6, 6.07) is 133. The first-order chi connectivity index (χ1) is 59.5. The number of fused-ring (bicyclic) bond motifs is 18. The van der Waals surface area contributed by atoms with Gasteiger partial charge in [0.25, 0.3) is 0 Å². The molecule has 0 amide bonds. The lowest BCUT2D eigenvalue weighted by molar-refractivity contribution is 0.668. The van der Waals surface area contributed by atoms with E-state index in [1.54, 1.807) is 0 Å². The minimum atomic E-state index is 0.795. The van der Waals surface area contributed by atoms with E-state index in [0.29, 0.717) is 0 Å². The fourth-order valence-corrected chi connectivity index (χ4v) is 18.7. The Morgan fingerprint density at radius 3 is 0.958 bits per heavy atom. The monoisotopic (exact) mass is 1530 g/mol. The number of benzene rings is 18. The van der Waals surface area contributed by atoms with Gasteiger partial charge in [-0.2, -0.15) is 0 Å². The zero-order chi connectivity index (χ0) is 78.6. The zero-order valence-corrected chi connectivity index (χ0v) is 64.1. The van der Waals surface area contributed by atoms with Gasteiger partial charge in [-0.1, -0.05) is 255 Å². The van der Waals surface area contributed by atoms with Crippen molar-refractivity contribution in [2.75, 3.05) is 14.7 Å². The second-order valence-electron chi connectivity index (χ2n) is 30.6. The number of furan rings is 3. The number of anilines is 9. The summed E-state index contributed by atoms with van der Waals surface area (Å²) >= 11 is 0. The van der Waals surface area contributed by atoms with Crippen molar-refractivity contribution in [3.63, 3.8) is 0 Å². The number of hydrogen-bond donors (Lipinski definition) is 0. The molecule has 0 saturated heterocycles. The third-order valence-corrected chi connectivity index (χ3v) is 23.9. The predicted molar refractivity (Wildman–Crippen MR) is 490 cm³/mol. The van der Waals surface area contributed by atoms with Crippen molar-refractivity contribution in [3.8, 4) is 67.2 Å². The van der Waals surface area contributed by atoms with Crippen molar-refractivity contribution in [2.45, 2.75) is 0 Å². The van der Waals surface area contributed by atoms with Gasteiger partial charge in [0.15, 0.2) is 17.5 Å². The van der Waals surface area contributed by atoms with Crippen molar-refractivity contribution < 1.29 is 13.3 Å². The van der Waals surface area contributed by atoms with Crippen LogP contribution in [0.4, 0.5) is 51.6 Å². The lowest BCUT2D eigenvalue weighted by atomic mass is 9.91. The Morgan fingerprint density at radius 1 is 0.175 bits per heavy atom. The van der Waals surface area contributed by atoms with Crippen LogP contribution in [0.1, 0.15) is 0 Å². The largest absolute Gasteiger partial charge is 0.456 e. The van der Waals surface area contributed by atoms with Crippen molar-refractivity contribution in [1.29, 1.82) is 0 Å². The fraction of sp³-hybridized carbons (Fsp3) is 0. The summed E-state index contributed by atoms with van der Waals surface area (Å²) < 4.78 is 18.7. The molecular weight excluding hydrogens is 1470 g/mol. The SMILES string of the molecule is c1ccc2c(c1)-c1cccc3cccc(c13)N2c1nc2ccccc2nc1-c1ccc2c(c1)oc1ccccc12.c1ccc2c(c1)-c1cccc3cccc(c13)N2c1nc2ccccc2nc1-c1ccc2oc3ccccc3c2c1.c1ccc2c(c1)-c1cccc3cccc(c13)N2c1nc2ccccc2nc1-c1cccc2oc3ccccc3c12. The Balaban J connectivity index is 0.0000000997. The molecule has 12 nitrogen and oxygen atoms in total. The molecule has 558 valence electrons. The zero-order valence-electron chi connectivity index (χ0n) is 64.1. The van der Waals surface area contributed by atoms with Crippen molar-refractivity contribution in [2.24, 2.45) is 0 Å². The molecule has 6 aromatic heterocycles. The van der Waals surface area contributed by atoms with E-state index >= 15 is 0 Å². The molecule has 0 radical (unpaired) electrons. The van der Waals surface area contributed by atoms with Gasteiger partial charge >= 0.3 is 0 Å². The molecule has 3 aliphatic rings. The Kier molecular flexibility index (Phi) is 14.8. The van der Waals surface area contributed by atoms with Crippen molar-refractivity contribution in [1.82, 2.24) is 29.9 Å². The Labute approximate surface area is 685 Å². The van der Waals surface area contributed by atoms with Gasteiger partial charge in [-0.05, 0) is 160 Å². The van der Waals surface area contributed by atoms with E-state index in [1.807, 2.05) is 140 Å². The average molecular weight is 1530 g/mol. The van der Waals surface area contributed by atoms with Crippen LogP contribution in [-0.2, 0) is 0 Å². The molecule has 0 fully saturated rings. The molecule has 0 atom stereocenters. The van der Waals surface area contributed by atoms with Crippen LogP contribution in [0.25, 0.3) is 198 Å². The molecule has 0 spiro atoms. The van der Waals surface area contributed by atoms with Crippen LogP contribution in [0.3, 0.4) is 0 Å². The van der Waals surface area contributed by atoms with Gasteiger partial charge in [-0.25, -0.2) is 29.9 Å². The third-order valence-electron chi connectivity index (χ3n) is 23.9. The van der Waals surface area contributed by atoms with E-state index < -0.39 is 0 Å². The highest BCUT2D eigenvalue weighted by atomic mass is 16.3. The topological polar surface area (TPSA) is 126 Å². The number of para-hydroxylation sites is 12. The maximum Gasteiger partial charge on any atom is 0.165 e. The van der Waals surface area contributed by atoms with Gasteiger partial charge in [0.05, 0.1) is 67.2 Å². The molecule has 120 heavy (non-hydrogen) atoms. The van der Waals surface area contributed by atoms with Crippen LogP contribution in [-0.4, -0.2) is 29.9 Å². The van der Waals surface area contributed by atoms with Crippen LogP contribution in [0, 0.1) is 0 Å². The summed E-state index contributed by atoms with van der Waals surface area (Å²) in [6.07, 6.45) is 0. The number of hydrogen-bond acceptors (Lipinski definition) is 12. The molecule has 0 saturated carbocycles. The van der Waals surface area contributed by atoms with Gasteiger partial charge in [0, 0.05) is 81.9 Å². The van der Waals surface area contributed by atoms with Gasteiger partial charge in [0.2, 0.25) is 0 Å². The Bertz CT molecular complexity index is 8430. The first-order valence-electron chi connectivity index (χ1n) is 40.3. The van der Waals surface area contributed by atoms with Crippen LogP contribution in [0.5, 0.6) is 0 Å². The van der Waals surface area contributed by atoms with Crippen LogP contribution >= 0.6 is 0 Å². The van der Waals surface area contributed by atoms with Gasteiger partial charge in [0.1, 0.15) is 50.6 Å². The smallest absolute Gasteiger partial charge is 0.165 e. The second-order valence-corrected chi connectivity index (χ2v) is 30.6. The van der Waals surface area contributed by atoms with Crippen LogP contribution in [0.2, 0.25) is 0 Å². The molecule has 18 aromatic carbocycles. The summed E-state index contributed by atoms with van der Waals surface area (Å²) in [7, 11) is 0. The summed E-state index contributed by atoms with van der Waals surface area (Å²) in [5.41, 5.74) is 29.6. The van der Waals surface area contributed by atoms with E-state index in [0.717, 1.165) is 184 Å². The van der Waals surface area contributed by atoms with E-state index in [2.05, 4.69) is 257 Å². The number of nitrogens with zero attached hydrogens (tertiary/aromatic N) is 9. The Morgan fingerprint density at radius 2 is 0.475 bits per heavy atom. The normalized spacial score (nSPS) is 12.4. The standard InChI is InChI=1S/3C36H21N3O/c1-5-18-29-23(12-1)24-14-7-10-22-11-8-19-30(33(22)24)39(29)36-35(37-27-16-3-4-17-28(27)38-36)26-15-9-21-32-34(26)25-13-2-6-20-31(25)40-32;1-5-16-30-24(11-1)27-13-7-9-22-10-8-17-31(34(22)27)39(30)36-35(37-28-14-3-4-15-29(28)38-36)23-19-20-26-25-12-2-6-18-32(25)40-33(26)21-23;1-5-16-30-24(11-1)26-13-7-9-22-10-8-17-31(34(22)26)39(30)36-35(37-28-14-3-4-15-29(28)38-36)23-19-20-33-27(21-23)25-12-2-6-18-32(25)40-33/h3*1-21H. The molecule has 0 bridgehead atoms. The highest BCUT2D eigenvalue weighted by Gasteiger charge is 2.35. The molecule has 0 unspecified atom stereocenters. The molecular formula is C108H63N9O3. The molecule has 0 aliphatic carbocycles. The summed E-state index contributed by atoms with van der Waals surface area (Å²) in [6.45, 7) is 0.